The molecule has 5 heteroatoms. The van der Waals surface area contributed by atoms with Crippen molar-refractivity contribution in [2.45, 2.75) is 32.2 Å². The Hall–Kier alpha value is -2.09. The van der Waals surface area contributed by atoms with Gasteiger partial charge in [0.05, 0.1) is 4.92 Å². The number of nitro groups is 1. The summed E-state index contributed by atoms with van der Waals surface area (Å²) in [7, 11) is 0. The zero-order valence-electron chi connectivity index (χ0n) is 10.2. The number of para-hydroxylation sites is 1. The third-order valence-electron chi connectivity index (χ3n) is 3.54. The largest absolute Gasteiger partial charge is 0.376 e. The van der Waals surface area contributed by atoms with E-state index < -0.39 is 4.92 Å². The second-order valence-electron chi connectivity index (χ2n) is 4.73. The Morgan fingerprint density at radius 2 is 2.28 bits per heavy atom. The van der Waals surface area contributed by atoms with Crippen LogP contribution in [0.1, 0.15) is 31.7 Å². The first-order valence-electron chi connectivity index (χ1n) is 6.07. The molecule has 1 aromatic carbocycles. The number of hydrogen-bond acceptors (Lipinski definition) is 4. The van der Waals surface area contributed by atoms with Crippen molar-refractivity contribution in [2.75, 3.05) is 5.32 Å². The molecule has 0 bridgehead atoms. The van der Waals surface area contributed by atoms with E-state index in [0.717, 1.165) is 19.3 Å². The van der Waals surface area contributed by atoms with Gasteiger partial charge < -0.3 is 5.32 Å². The Balaban J connectivity index is 2.33. The zero-order valence-corrected chi connectivity index (χ0v) is 10.2. The summed E-state index contributed by atoms with van der Waals surface area (Å²) in [4.78, 5) is 10.6. The molecule has 2 atom stereocenters. The van der Waals surface area contributed by atoms with E-state index in [1.807, 2.05) is 6.07 Å². The van der Waals surface area contributed by atoms with E-state index in [9.17, 15) is 10.1 Å². The number of nitro benzene ring substituents is 1. The van der Waals surface area contributed by atoms with Gasteiger partial charge in [0.15, 0.2) is 0 Å². The van der Waals surface area contributed by atoms with Crippen molar-refractivity contribution in [1.29, 1.82) is 5.26 Å². The van der Waals surface area contributed by atoms with Gasteiger partial charge in [0.2, 0.25) is 0 Å². The van der Waals surface area contributed by atoms with Crippen LogP contribution in [0.15, 0.2) is 18.2 Å². The lowest BCUT2D eigenvalue weighted by Gasteiger charge is -2.18. The molecule has 0 aromatic heterocycles. The van der Waals surface area contributed by atoms with Gasteiger partial charge in [-0.05, 0) is 30.9 Å². The van der Waals surface area contributed by atoms with E-state index in [0.29, 0.717) is 11.6 Å². The minimum absolute atomic E-state index is 0.107. The lowest BCUT2D eigenvalue weighted by molar-refractivity contribution is -0.384. The molecule has 1 aromatic rings. The summed E-state index contributed by atoms with van der Waals surface area (Å²) in [5.41, 5.74) is 0.451. The third kappa shape index (κ3) is 2.28. The van der Waals surface area contributed by atoms with Gasteiger partial charge >= 0.3 is 5.69 Å². The Morgan fingerprint density at radius 3 is 2.83 bits per heavy atom. The molecule has 2 unspecified atom stereocenters. The maximum atomic E-state index is 11.1. The summed E-state index contributed by atoms with van der Waals surface area (Å²) in [5.74, 6) is 0.510. The Labute approximate surface area is 106 Å². The van der Waals surface area contributed by atoms with E-state index in [-0.39, 0.29) is 17.3 Å². The van der Waals surface area contributed by atoms with Gasteiger partial charge in [0.1, 0.15) is 17.3 Å². The van der Waals surface area contributed by atoms with Crippen molar-refractivity contribution < 1.29 is 4.92 Å². The van der Waals surface area contributed by atoms with E-state index in [1.165, 1.54) is 6.07 Å². The van der Waals surface area contributed by atoms with Crippen molar-refractivity contribution in [2.24, 2.45) is 5.92 Å². The lowest BCUT2D eigenvalue weighted by Crippen LogP contribution is -2.22. The highest BCUT2D eigenvalue weighted by Gasteiger charge is 2.27. The maximum absolute atomic E-state index is 11.1. The van der Waals surface area contributed by atoms with Gasteiger partial charge in [0, 0.05) is 6.04 Å². The molecule has 94 valence electrons. The Kier molecular flexibility index (Phi) is 3.47. The summed E-state index contributed by atoms with van der Waals surface area (Å²) >= 11 is 0. The first kappa shape index (κ1) is 12.4. The van der Waals surface area contributed by atoms with E-state index >= 15 is 0 Å². The molecule has 0 saturated heterocycles. The molecule has 1 saturated carbocycles. The highest BCUT2D eigenvalue weighted by atomic mass is 16.6. The summed E-state index contributed by atoms with van der Waals surface area (Å²) < 4.78 is 0. The van der Waals surface area contributed by atoms with Crippen molar-refractivity contribution in [3.05, 3.63) is 33.9 Å². The van der Waals surface area contributed by atoms with Crippen molar-refractivity contribution in [1.82, 2.24) is 0 Å². The molecule has 0 spiro atoms. The molecule has 18 heavy (non-hydrogen) atoms. The van der Waals surface area contributed by atoms with Crippen LogP contribution in [0.2, 0.25) is 0 Å². The number of nitrogens with zero attached hydrogens (tertiary/aromatic N) is 2. The van der Waals surface area contributed by atoms with Gasteiger partial charge in [-0.15, -0.1) is 0 Å². The minimum Gasteiger partial charge on any atom is -0.376 e. The molecular weight excluding hydrogens is 230 g/mol. The van der Waals surface area contributed by atoms with Crippen LogP contribution in [0.3, 0.4) is 0 Å². The quantitative estimate of drug-likeness (QED) is 0.655. The van der Waals surface area contributed by atoms with Crippen LogP contribution in [0.25, 0.3) is 0 Å². The molecule has 0 aliphatic heterocycles. The summed E-state index contributed by atoms with van der Waals surface area (Å²) in [6, 6.07) is 6.95. The standard InChI is InChI=1S/C13H15N3O2/c1-9-4-2-6-11(9)15-12-7-3-5-10(8-14)13(12)16(17)18/h3,5,7,9,11,15H,2,4,6H2,1H3. The molecule has 2 rings (SSSR count). The molecule has 1 aliphatic rings. The van der Waals surface area contributed by atoms with Crippen LogP contribution in [0, 0.1) is 27.4 Å². The van der Waals surface area contributed by atoms with Crippen LogP contribution < -0.4 is 5.32 Å². The minimum atomic E-state index is -0.486. The average molecular weight is 245 g/mol. The number of nitrogens with one attached hydrogen (secondary N) is 1. The number of hydrogen-bond donors (Lipinski definition) is 1. The van der Waals surface area contributed by atoms with Gasteiger partial charge in [-0.1, -0.05) is 19.4 Å². The summed E-state index contributed by atoms with van der Waals surface area (Å²) in [6.45, 7) is 2.14. The smallest absolute Gasteiger partial charge is 0.309 e. The summed E-state index contributed by atoms with van der Waals surface area (Å²) in [6.07, 6.45) is 3.31. The molecule has 0 amide bonds. The number of rotatable bonds is 3. The number of anilines is 1. The topological polar surface area (TPSA) is 79.0 Å². The lowest BCUT2D eigenvalue weighted by atomic mass is 10.1. The normalized spacial score (nSPS) is 22.4. The highest BCUT2D eigenvalue weighted by Crippen LogP contribution is 2.33. The monoisotopic (exact) mass is 245 g/mol. The molecule has 0 heterocycles. The molecule has 5 nitrogen and oxygen atoms in total. The van der Waals surface area contributed by atoms with Gasteiger partial charge in [-0.25, -0.2) is 0 Å². The van der Waals surface area contributed by atoms with Crippen LogP contribution in [0.5, 0.6) is 0 Å². The number of benzene rings is 1. The SMILES string of the molecule is CC1CCCC1Nc1cccc(C#N)c1[N+](=O)[O-]. The van der Waals surface area contributed by atoms with E-state index in [1.54, 1.807) is 12.1 Å². The predicted molar refractivity (Wildman–Crippen MR) is 68.2 cm³/mol. The van der Waals surface area contributed by atoms with Crippen molar-refractivity contribution in [3.8, 4) is 6.07 Å². The molecule has 0 radical (unpaired) electrons. The van der Waals surface area contributed by atoms with Crippen molar-refractivity contribution >= 4 is 11.4 Å². The average Bonchev–Trinajstić information content (AvgIpc) is 2.74. The molecule has 1 aliphatic carbocycles. The van der Waals surface area contributed by atoms with Gasteiger partial charge in [-0.2, -0.15) is 5.26 Å². The zero-order chi connectivity index (χ0) is 13.1. The van der Waals surface area contributed by atoms with Crippen LogP contribution in [-0.2, 0) is 0 Å². The predicted octanol–water partition coefficient (Wildman–Crippen LogP) is 3.07. The number of nitriles is 1. The highest BCUT2D eigenvalue weighted by molar-refractivity contribution is 5.68. The molecule has 1 fully saturated rings. The van der Waals surface area contributed by atoms with Gasteiger partial charge in [-0.3, -0.25) is 10.1 Å². The van der Waals surface area contributed by atoms with Crippen LogP contribution >= 0.6 is 0 Å². The molecular formula is C13H15N3O2. The maximum Gasteiger partial charge on any atom is 0.309 e. The first-order chi connectivity index (χ1) is 8.63. The van der Waals surface area contributed by atoms with E-state index in [4.69, 9.17) is 5.26 Å². The van der Waals surface area contributed by atoms with E-state index in [2.05, 4.69) is 12.2 Å². The Bertz CT molecular complexity index is 507. The fourth-order valence-electron chi connectivity index (χ4n) is 2.51. The fraction of sp³-hybridized carbons (Fsp3) is 0.462. The molecule has 1 N–H and O–H groups in total. The second-order valence-corrected chi connectivity index (χ2v) is 4.73. The fourth-order valence-corrected chi connectivity index (χ4v) is 2.51. The second kappa shape index (κ2) is 5.05. The van der Waals surface area contributed by atoms with Gasteiger partial charge in [0.25, 0.3) is 0 Å². The Morgan fingerprint density at radius 1 is 1.50 bits per heavy atom. The summed E-state index contributed by atoms with van der Waals surface area (Å²) in [5, 5.41) is 23.2. The first-order valence-corrected chi connectivity index (χ1v) is 6.07. The van der Waals surface area contributed by atoms with Crippen LogP contribution in [-0.4, -0.2) is 11.0 Å². The van der Waals surface area contributed by atoms with Crippen LogP contribution in [0.4, 0.5) is 11.4 Å². The third-order valence-corrected chi connectivity index (χ3v) is 3.54. The van der Waals surface area contributed by atoms with Crippen molar-refractivity contribution in [3.63, 3.8) is 0 Å².